The number of nitrogens with two attached hydrogens (primary N) is 8. The van der Waals surface area contributed by atoms with Crippen LogP contribution in [-0.2, 0) is 52.2 Å². The number of rotatable bonds is 33. The minimum absolute atomic E-state index is 0.000186. The van der Waals surface area contributed by atoms with Gasteiger partial charge in [0.05, 0.1) is 80.3 Å². The van der Waals surface area contributed by atoms with Crippen molar-refractivity contribution in [1.82, 2.24) is 19.4 Å². The molecule has 2 unspecified atom stereocenters. The number of carboxylic acids is 2. The lowest BCUT2D eigenvalue weighted by atomic mass is 9.76. The molecule has 139 heavy (non-hydrogen) atoms. The summed E-state index contributed by atoms with van der Waals surface area (Å²) < 4.78 is 100.0. The minimum Gasteiger partial charge on any atom is -0.492 e. The van der Waals surface area contributed by atoms with E-state index < -0.39 is 254 Å². The van der Waals surface area contributed by atoms with Crippen molar-refractivity contribution >= 4 is 56.7 Å². The number of Topliss-reactive ketones (excluding diaryl/α,β-unsaturated/α-hetero) is 2. The van der Waals surface area contributed by atoms with Gasteiger partial charge in [-0.05, 0) is 118 Å². The van der Waals surface area contributed by atoms with Crippen LogP contribution in [0.4, 0.5) is 20.2 Å². The third-order valence-corrected chi connectivity index (χ3v) is 28.4. The average molecular weight is 1990 g/mol. The van der Waals surface area contributed by atoms with Crippen LogP contribution < -0.4 is 81.3 Å². The molecule has 2 aromatic carbocycles. The second kappa shape index (κ2) is 46.9. The summed E-state index contributed by atoms with van der Waals surface area (Å²) >= 11 is 0. The molecule has 0 radical (unpaired) electrons. The topological polar surface area (TPSA) is 788 Å². The zero-order chi connectivity index (χ0) is 102. The molecule has 34 N–H and O–H groups in total. The normalized spacial score (nSPS) is 35.7. The molecule has 48 nitrogen and oxygen atoms in total. The Morgan fingerprint density at radius 2 is 0.878 bits per heavy atom. The lowest BCUT2D eigenvalue weighted by molar-refractivity contribution is -0.336. The van der Waals surface area contributed by atoms with Gasteiger partial charge < -0.3 is 209 Å². The molecule has 10 aliphatic rings. The van der Waals surface area contributed by atoms with Crippen LogP contribution in [0.25, 0.3) is 21.8 Å². The summed E-state index contributed by atoms with van der Waals surface area (Å²) in [5.41, 5.74) is 47.3. The number of carbonyl (C=O) groups excluding carboxylic acids is 2. The molecule has 4 saturated carbocycles. The number of aliphatic hydroxyl groups excluding tert-OH is 15. The molecule has 6 saturated heterocycles. The van der Waals surface area contributed by atoms with Crippen molar-refractivity contribution in [3.05, 3.63) is 65.7 Å². The van der Waals surface area contributed by atoms with E-state index in [1.807, 2.05) is 33.1 Å². The standard InChI is InChI=1S/C45H70FN7O17.C23H44N4O13.C21H26FN3O4/c1-17-14-51(32-29(46)18(2)27-31(42(32)65-4)53(21-5-6-21)19(3)28(35(27)58)43(63)64)9-10-52(17)16-66-15-26-33(56)30(50)36(59)44(68-26)69-40-20(12-24(55)23(54)7-8-47)11-22(49)41(39(40)62)70-45-38(61)37(60)34(57)25(13-48)67-45;24-2-1-9(29)10(30)4-7-3-8(26)21(40-23-18(35)17(34)15(32)11(5-25)37-23)19(36)20(7)39-22-16(33)13(27)14(31)12(6-28)38-22;1-10-9-24(8-7-23-10)18-16(22)11(2)14-17(20(18)29-4)25(13-5-6-13)12(3)15(19(14)26)21(27)28/h17,20-23,25-26,30,33-34,36-41,44-45,54,56-57,59-62H,5-16,47-50H2,1-4H3,(H,63,64);7-9,11-23,28-29,31-36H,1-6,24-27H2;10,13,23H,5-9H2,1-4H3,(H,27,28)/t17?,20-,22-,23-,25+,26+,30-,33+,34+,36+,37-,38+,39+,40-,41+,44+,45+;7-,8-,9-,11+,12+,13-,14+,15+,16+,17-,18+,19+,20-,21+,22+,23+;/m00./s1. The first-order valence-electron chi connectivity index (χ1n) is 47.0. The van der Waals surface area contributed by atoms with Gasteiger partial charge in [0, 0.05) is 124 Å². The number of aromatic nitrogens is 2. The first-order chi connectivity index (χ1) is 65.8. The number of hydrogen-bond acceptors (Lipinski definition) is 44. The van der Waals surface area contributed by atoms with Gasteiger partial charge in [-0.3, -0.25) is 24.1 Å². The predicted molar refractivity (Wildman–Crippen MR) is 486 cm³/mol. The number of nitrogens with one attached hydrogen (secondary N) is 1. The number of aryl methyl sites for hydroxylation is 2. The minimum atomic E-state index is -1.80. The van der Waals surface area contributed by atoms with Crippen LogP contribution in [0.2, 0.25) is 0 Å². The van der Waals surface area contributed by atoms with E-state index in [1.165, 1.54) is 21.1 Å². The molecule has 4 aromatic rings. The number of carboxylic acid groups (broad SMARTS) is 2. The molecule has 0 bridgehead atoms. The fraction of sp³-hybridized carbons (Fsp3) is 0.753. The molecule has 4 aliphatic carbocycles. The second-order valence-corrected chi connectivity index (χ2v) is 38.0. The number of halogens is 2. The smallest absolute Gasteiger partial charge is 0.341 e. The number of aromatic carboxylic acids is 2. The fourth-order valence-corrected chi connectivity index (χ4v) is 20.4. The van der Waals surface area contributed by atoms with Gasteiger partial charge in [0.25, 0.3) is 0 Å². The number of hydrogen-bond donors (Lipinski definition) is 26. The summed E-state index contributed by atoms with van der Waals surface area (Å²) in [4.78, 5) is 82.4. The molecule has 2 aromatic heterocycles. The third kappa shape index (κ3) is 22.9. The highest BCUT2D eigenvalue weighted by atomic mass is 19.1. The number of pyridine rings is 2. The van der Waals surface area contributed by atoms with Gasteiger partial charge in [-0.25, -0.2) is 18.4 Å². The molecule has 8 heterocycles. The van der Waals surface area contributed by atoms with Crippen molar-refractivity contribution in [2.45, 2.75) is 314 Å². The number of piperazine rings is 2. The van der Waals surface area contributed by atoms with Crippen molar-refractivity contribution in [1.29, 1.82) is 0 Å². The van der Waals surface area contributed by atoms with Gasteiger partial charge in [-0.1, -0.05) is 0 Å². The van der Waals surface area contributed by atoms with Gasteiger partial charge in [-0.2, -0.15) is 0 Å². The van der Waals surface area contributed by atoms with Crippen molar-refractivity contribution in [3.8, 4) is 11.5 Å². The number of ketones is 2. The summed E-state index contributed by atoms with van der Waals surface area (Å²) in [6.45, 7) is 11.7. The Labute approximate surface area is 797 Å². The SMILES string of the molecule is COc1c(N2CCN(COC[C@H]3O[C@H](O[C@H]4[C@H](CC(=O)[C@@H](O)CCN)C[C@H](N)[C@@H](O[C@H]5O[C@H](CN)[C@@H](O)[C@H](O)[C@H]5O)[C@@H]4O)[C@H](O)[C@@H](N)[C@@H]3O)C(C)C2)c(F)c(C)c2c(=O)c(C(=O)O)c(C)n(C3CC3)c12.COc1c(N2CCNC(C)C2)c(F)c(C)c2c(=O)c(C(=O)O)c(C)n(C3CC3)c12.NCC[C@H](O)C(=O)C[C@@H]1C[C@H](N)[C@@H](O[C@H]2O[C@H](CN)[C@@H](O)[C@H](O)[C@H]2O)[C@H](O)[C@H]1O[C@H]1O[C@H](CO)[C@@H](O)[C@H](N)[C@H]1O. The van der Waals surface area contributed by atoms with Crippen LogP contribution in [0.15, 0.2) is 9.59 Å². The van der Waals surface area contributed by atoms with Crippen LogP contribution in [0.3, 0.4) is 0 Å². The van der Waals surface area contributed by atoms with Gasteiger partial charge in [0.1, 0.15) is 145 Å². The molecule has 14 rings (SSSR count). The Balaban J connectivity index is 0.000000210. The Bertz CT molecular complexity index is 5050. The highest BCUT2D eigenvalue weighted by Crippen LogP contribution is 2.50. The van der Waals surface area contributed by atoms with Gasteiger partial charge in [0.2, 0.25) is 10.9 Å². The van der Waals surface area contributed by atoms with E-state index in [-0.39, 0.29) is 160 Å². The Kier molecular flexibility index (Phi) is 37.3. The molecule has 10 fully saturated rings. The summed E-state index contributed by atoms with van der Waals surface area (Å²) in [6, 6.07) is -4.76. The number of nitrogens with zero attached hydrogens (tertiary/aromatic N) is 5. The lowest BCUT2D eigenvalue weighted by Crippen LogP contribution is -2.67. The number of fused-ring (bicyclic) bond motifs is 2. The number of ether oxygens (including phenoxy) is 11. The van der Waals surface area contributed by atoms with Crippen LogP contribution in [0, 0.1) is 51.2 Å². The number of aliphatic hydroxyl groups is 15. The van der Waals surface area contributed by atoms with E-state index in [0.717, 1.165) is 25.7 Å². The molecule has 784 valence electrons. The van der Waals surface area contributed by atoms with E-state index in [1.54, 1.807) is 25.3 Å². The van der Waals surface area contributed by atoms with Crippen molar-refractivity contribution < 1.29 is 167 Å². The quantitative estimate of drug-likeness (QED) is 0.0211. The van der Waals surface area contributed by atoms with Crippen molar-refractivity contribution in [3.63, 3.8) is 0 Å². The molecule has 0 amide bonds. The average Bonchev–Trinajstić information content (AvgIpc) is 1.71. The Morgan fingerprint density at radius 3 is 1.24 bits per heavy atom. The summed E-state index contributed by atoms with van der Waals surface area (Å²) in [6.07, 6.45) is -36.6. The number of benzene rings is 2. The van der Waals surface area contributed by atoms with Gasteiger partial charge >= 0.3 is 11.9 Å². The first kappa shape index (κ1) is 111. The maximum absolute atomic E-state index is 16.6. The molecular formula is C89H140F2N14O34. The van der Waals surface area contributed by atoms with Gasteiger partial charge in [-0.15, -0.1) is 0 Å². The maximum atomic E-state index is 16.6. The van der Waals surface area contributed by atoms with Crippen molar-refractivity contribution in [2.24, 2.45) is 57.7 Å². The van der Waals surface area contributed by atoms with E-state index in [0.29, 0.717) is 54.3 Å². The third-order valence-electron chi connectivity index (χ3n) is 28.4. The highest BCUT2D eigenvalue weighted by Gasteiger charge is 2.57. The van der Waals surface area contributed by atoms with Crippen LogP contribution in [0.1, 0.15) is 133 Å². The van der Waals surface area contributed by atoms with Gasteiger partial charge in [0.15, 0.2) is 59.9 Å². The number of anilines is 2. The second-order valence-electron chi connectivity index (χ2n) is 38.0. The number of carbonyl (C=O) groups is 4. The van der Waals surface area contributed by atoms with Crippen LogP contribution in [0.5, 0.6) is 11.5 Å². The zero-order valence-electron chi connectivity index (χ0n) is 78.7. The summed E-state index contributed by atoms with van der Waals surface area (Å²) in [5.74, 6) is -6.47. The fourth-order valence-electron chi connectivity index (χ4n) is 20.4. The zero-order valence-corrected chi connectivity index (χ0v) is 78.7. The first-order valence-corrected chi connectivity index (χ1v) is 47.0. The van der Waals surface area contributed by atoms with Crippen LogP contribution in [-0.4, -0.2) is 420 Å². The molecule has 50 heteroatoms. The summed E-state index contributed by atoms with van der Waals surface area (Å²) in [5, 5.41) is 182. The Hall–Kier alpha value is -7.16. The van der Waals surface area contributed by atoms with E-state index in [9.17, 15) is 116 Å². The molecular weight excluding hydrogens is 1850 g/mol. The predicted octanol–water partition coefficient (Wildman–Crippen LogP) is -8.76. The van der Waals surface area contributed by atoms with Crippen molar-refractivity contribution in [2.75, 3.05) is 109 Å². The highest BCUT2D eigenvalue weighted by molar-refractivity contribution is 6.01. The lowest BCUT2D eigenvalue weighted by Gasteiger charge is -2.49. The van der Waals surface area contributed by atoms with E-state index in [2.05, 4.69) is 5.32 Å². The monoisotopic (exact) mass is 1990 g/mol. The van der Waals surface area contributed by atoms with E-state index in [4.69, 9.17) is 98.0 Å². The Morgan fingerprint density at radius 1 is 0.496 bits per heavy atom. The largest absolute Gasteiger partial charge is 0.492 e. The maximum Gasteiger partial charge on any atom is 0.341 e. The van der Waals surface area contributed by atoms with Crippen LogP contribution >= 0.6 is 0 Å². The molecule has 34 atom stereocenters. The molecule has 0 spiro atoms. The number of methoxy groups -OCH3 is 2. The molecule has 6 aliphatic heterocycles. The van der Waals surface area contributed by atoms with E-state index >= 15 is 8.78 Å². The summed E-state index contributed by atoms with van der Waals surface area (Å²) in [7, 11) is 2.86.